The number of unbranched alkanes of at least 4 members (excludes halogenated alkanes) is 33. The number of ether oxygens (including phenoxy) is 1. The molecule has 3 N–H and O–H groups in total. The number of hydrogen-bond acceptors (Lipinski definition) is 5. The molecule has 0 aliphatic heterocycles. The lowest BCUT2D eigenvalue weighted by atomic mass is 10.0. The van der Waals surface area contributed by atoms with Crippen molar-refractivity contribution in [1.29, 1.82) is 0 Å². The van der Waals surface area contributed by atoms with Crippen LogP contribution in [0.5, 0.6) is 0 Å². The molecule has 0 aromatic heterocycles. The van der Waals surface area contributed by atoms with Gasteiger partial charge in [0.2, 0.25) is 5.91 Å². The fraction of sp³-hybridized carbons (Fsp3) is 0.821. The van der Waals surface area contributed by atoms with Crippen molar-refractivity contribution in [2.24, 2.45) is 0 Å². The van der Waals surface area contributed by atoms with Gasteiger partial charge in [0.25, 0.3) is 0 Å². The molecule has 0 aliphatic rings. The van der Waals surface area contributed by atoms with Crippen LogP contribution in [0.4, 0.5) is 0 Å². The van der Waals surface area contributed by atoms with Crippen molar-refractivity contribution in [2.45, 2.75) is 283 Å². The molecule has 1 amide bonds. The highest BCUT2D eigenvalue weighted by molar-refractivity contribution is 5.76. The summed E-state index contributed by atoms with van der Waals surface area (Å²) >= 11 is 0. The fourth-order valence-electron chi connectivity index (χ4n) is 7.91. The number of aliphatic hydroxyl groups is 2. The van der Waals surface area contributed by atoms with Crippen LogP contribution >= 0.6 is 0 Å². The zero-order chi connectivity index (χ0) is 45.1. The van der Waals surface area contributed by atoms with Gasteiger partial charge in [0, 0.05) is 12.8 Å². The number of aliphatic hydroxyl groups excluding tert-OH is 2. The van der Waals surface area contributed by atoms with E-state index < -0.39 is 12.1 Å². The summed E-state index contributed by atoms with van der Waals surface area (Å²) in [5.74, 6) is -0.123. The molecule has 2 unspecified atom stereocenters. The Kier molecular flexibility index (Phi) is 49.6. The number of allylic oxidation sites excluding steroid dienone is 7. The SMILES string of the molecule is CCCCCCCC/C=C\CCCCCCCC(=O)OCCCCC/C=C\C=C/CCCCCCCCC(=O)NC(CO)C(O)/C=C/CCCCCCCCCCCCCCC. The maximum Gasteiger partial charge on any atom is 0.305 e. The lowest BCUT2D eigenvalue weighted by Gasteiger charge is -2.20. The molecular formula is C56H103NO5. The molecule has 6 heteroatoms. The van der Waals surface area contributed by atoms with E-state index in [2.05, 4.69) is 55.6 Å². The highest BCUT2D eigenvalue weighted by atomic mass is 16.5. The van der Waals surface area contributed by atoms with E-state index in [0.717, 1.165) is 77.0 Å². The van der Waals surface area contributed by atoms with Gasteiger partial charge in [0.1, 0.15) is 0 Å². The van der Waals surface area contributed by atoms with E-state index >= 15 is 0 Å². The van der Waals surface area contributed by atoms with Crippen molar-refractivity contribution < 1.29 is 24.5 Å². The summed E-state index contributed by atoms with van der Waals surface area (Å²) in [7, 11) is 0. The Morgan fingerprint density at radius 2 is 0.806 bits per heavy atom. The molecule has 0 bridgehead atoms. The molecule has 0 fully saturated rings. The molecule has 0 aromatic rings. The van der Waals surface area contributed by atoms with Crippen LogP contribution in [0.1, 0.15) is 271 Å². The van der Waals surface area contributed by atoms with Crippen LogP contribution in [0.3, 0.4) is 0 Å². The smallest absolute Gasteiger partial charge is 0.305 e. The Morgan fingerprint density at radius 1 is 0.452 bits per heavy atom. The Bertz CT molecular complexity index is 1050. The van der Waals surface area contributed by atoms with Crippen LogP contribution in [-0.4, -0.2) is 47.4 Å². The van der Waals surface area contributed by atoms with Gasteiger partial charge in [-0.3, -0.25) is 9.59 Å². The molecule has 0 rings (SSSR count). The van der Waals surface area contributed by atoms with Crippen LogP contribution < -0.4 is 5.32 Å². The number of rotatable bonds is 49. The second-order valence-electron chi connectivity index (χ2n) is 18.2. The van der Waals surface area contributed by atoms with E-state index in [4.69, 9.17) is 4.74 Å². The molecule has 0 radical (unpaired) electrons. The summed E-state index contributed by atoms with van der Waals surface area (Å²) in [5, 5.41) is 23.0. The predicted octanol–water partition coefficient (Wildman–Crippen LogP) is 16.2. The molecule has 0 saturated heterocycles. The standard InChI is InChI=1S/C56H103NO5/c1-3-5-7-9-11-13-15-17-20-24-28-32-36-40-44-48-54(59)53(52-58)57-55(60)49-45-41-37-33-29-25-22-19-23-27-31-35-39-43-47-51-62-56(61)50-46-42-38-34-30-26-21-18-16-14-12-10-8-6-4-2/h18-19,21,23,27,31,44,48,53-54,58-59H,3-17,20,22,24-26,28-30,32-43,45-47,49-52H2,1-2H3,(H,57,60)/b21-18-,23-19-,31-27-,48-44+. The molecule has 62 heavy (non-hydrogen) atoms. The number of carbonyl (C=O) groups excluding carboxylic acids is 2. The molecule has 0 heterocycles. The fourth-order valence-corrected chi connectivity index (χ4v) is 7.91. The number of esters is 1. The lowest BCUT2D eigenvalue weighted by Crippen LogP contribution is -2.45. The summed E-state index contributed by atoms with van der Waals surface area (Å²) in [4.78, 5) is 24.4. The van der Waals surface area contributed by atoms with E-state index in [1.165, 1.54) is 167 Å². The normalized spacial score (nSPS) is 13.0. The van der Waals surface area contributed by atoms with Crippen molar-refractivity contribution in [1.82, 2.24) is 5.32 Å². The van der Waals surface area contributed by atoms with E-state index in [1.807, 2.05) is 6.08 Å². The summed E-state index contributed by atoms with van der Waals surface area (Å²) in [5.41, 5.74) is 0. The van der Waals surface area contributed by atoms with Gasteiger partial charge in [0.05, 0.1) is 25.4 Å². The van der Waals surface area contributed by atoms with Gasteiger partial charge in [-0.15, -0.1) is 0 Å². The summed E-state index contributed by atoms with van der Waals surface area (Å²) in [6.45, 7) is 4.83. The van der Waals surface area contributed by atoms with Crippen molar-refractivity contribution in [3.63, 3.8) is 0 Å². The van der Waals surface area contributed by atoms with E-state index in [-0.39, 0.29) is 18.5 Å². The third-order valence-corrected chi connectivity index (χ3v) is 12.1. The van der Waals surface area contributed by atoms with Crippen LogP contribution in [0.15, 0.2) is 48.6 Å². The molecule has 6 nitrogen and oxygen atoms in total. The second kappa shape index (κ2) is 51.5. The predicted molar refractivity (Wildman–Crippen MR) is 269 cm³/mol. The van der Waals surface area contributed by atoms with Crippen molar-refractivity contribution in [3.8, 4) is 0 Å². The molecule has 0 aliphatic carbocycles. The van der Waals surface area contributed by atoms with Crippen molar-refractivity contribution in [3.05, 3.63) is 48.6 Å². The first-order valence-electron chi connectivity index (χ1n) is 26.9. The van der Waals surface area contributed by atoms with Gasteiger partial charge < -0.3 is 20.3 Å². The van der Waals surface area contributed by atoms with Gasteiger partial charge in [-0.2, -0.15) is 0 Å². The minimum atomic E-state index is -0.859. The summed E-state index contributed by atoms with van der Waals surface area (Å²) < 4.78 is 5.44. The van der Waals surface area contributed by atoms with E-state index in [9.17, 15) is 19.8 Å². The highest BCUT2D eigenvalue weighted by Crippen LogP contribution is 2.15. The molecule has 0 spiro atoms. The Labute approximate surface area is 385 Å². The van der Waals surface area contributed by atoms with Gasteiger partial charge in [-0.05, 0) is 89.9 Å². The van der Waals surface area contributed by atoms with Crippen LogP contribution in [-0.2, 0) is 14.3 Å². The first-order chi connectivity index (χ1) is 30.5. The molecule has 362 valence electrons. The maximum atomic E-state index is 12.4. The topological polar surface area (TPSA) is 95.9 Å². The van der Waals surface area contributed by atoms with Gasteiger partial charge in [-0.25, -0.2) is 0 Å². The van der Waals surface area contributed by atoms with Gasteiger partial charge >= 0.3 is 5.97 Å². The minimum absolute atomic E-state index is 0.0315. The molecular weight excluding hydrogens is 767 g/mol. The monoisotopic (exact) mass is 870 g/mol. The number of nitrogens with one attached hydrogen (secondary N) is 1. The molecule has 2 atom stereocenters. The van der Waals surface area contributed by atoms with Gasteiger partial charge in [-0.1, -0.05) is 217 Å². The van der Waals surface area contributed by atoms with Crippen molar-refractivity contribution >= 4 is 11.9 Å². The van der Waals surface area contributed by atoms with E-state index in [1.54, 1.807) is 6.08 Å². The number of hydrogen-bond donors (Lipinski definition) is 3. The van der Waals surface area contributed by atoms with Crippen molar-refractivity contribution in [2.75, 3.05) is 13.2 Å². The Hall–Kier alpha value is -2.18. The van der Waals surface area contributed by atoms with Crippen LogP contribution in [0.2, 0.25) is 0 Å². The first-order valence-corrected chi connectivity index (χ1v) is 26.9. The second-order valence-corrected chi connectivity index (χ2v) is 18.2. The maximum absolute atomic E-state index is 12.4. The van der Waals surface area contributed by atoms with Crippen LogP contribution in [0.25, 0.3) is 0 Å². The highest BCUT2D eigenvalue weighted by Gasteiger charge is 2.18. The Morgan fingerprint density at radius 3 is 1.24 bits per heavy atom. The summed E-state index contributed by atoms with van der Waals surface area (Å²) in [6.07, 6.45) is 64.0. The molecule has 0 aromatic carbocycles. The Balaban J connectivity index is 3.56. The first kappa shape index (κ1) is 59.8. The lowest BCUT2D eigenvalue weighted by molar-refractivity contribution is -0.143. The number of carbonyl (C=O) groups is 2. The van der Waals surface area contributed by atoms with E-state index in [0.29, 0.717) is 19.4 Å². The van der Waals surface area contributed by atoms with Crippen LogP contribution in [0, 0.1) is 0 Å². The summed E-state index contributed by atoms with van der Waals surface area (Å²) in [6, 6.07) is -0.645. The number of amides is 1. The largest absolute Gasteiger partial charge is 0.466 e. The third kappa shape index (κ3) is 47.3. The minimum Gasteiger partial charge on any atom is -0.466 e. The zero-order valence-electron chi connectivity index (χ0n) is 41.1. The average molecular weight is 870 g/mol. The van der Waals surface area contributed by atoms with Gasteiger partial charge in [0.15, 0.2) is 0 Å². The quantitative estimate of drug-likeness (QED) is 0.0245. The zero-order valence-corrected chi connectivity index (χ0v) is 41.1. The average Bonchev–Trinajstić information content (AvgIpc) is 3.27. The third-order valence-electron chi connectivity index (χ3n) is 12.1. The molecule has 0 saturated carbocycles.